The van der Waals surface area contributed by atoms with Gasteiger partial charge < -0.3 is 9.84 Å². The zero-order valence-corrected chi connectivity index (χ0v) is 17.3. The lowest BCUT2D eigenvalue weighted by atomic mass is 10.1. The molecular formula is C19H26F6O2Si. The van der Waals surface area contributed by atoms with Crippen LogP contribution in [0.1, 0.15) is 32.4 Å². The van der Waals surface area contributed by atoms with Crippen LogP contribution in [-0.4, -0.2) is 38.6 Å². The van der Waals surface area contributed by atoms with E-state index in [1.807, 2.05) is 0 Å². The summed E-state index contributed by atoms with van der Waals surface area (Å²) in [5, 5.41) is 9.38. The minimum Gasteiger partial charge on any atom is -0.497 e. The highest BCUT2D eigenvalue weighted by Gasteiger charge is 2.67. The molecule has 0 saturated carbocycles. The molecule has 1 aromatic carbocycles. The monoisotopic (exact) mass is 428 g/mol. The molecule has 0 bridgehead atoms. The second-order valence-corrected chi connectivity index (χ2v) is 11.9. The number of ether oxygens (including phenoxy) is 1. The summed E-state index contributed by atoms with van der Waals surface area (Å²) in [7, 11) is -1.82. The number of hydrogen-bond acceptors (Lipinski definition) is 2. The highest BCUT2D eigenvalue weighted by Crippen LogP contribution is 2.49. The lowest BCUT2D eigenvalue weighted by molar-refractivity contribution is -0.244. The second-order valence-electron chi connectivity index (χ2n) is 6.64. The van der Waals surface area contributed by atoms with Gasteiger partial charge in [0.2, 0.25) is 0 Å². The molecule has 1 N–H and O–H groups in total. The van der Waals surface area contributed by atoms with Crippen LogP contribution < -0.4 is 4.74 Å². The molecule has 0 saturated heterocycles. The quantitative estimate of drug-likeness (QED) is 0.353. The summed E-state index contributed by atoms with van der Waals surface area (Å²) >= 11 is 0. The maximum absolute atomic E-state index is 14.8. The SMILES string of the molecule is CC[Si](CC)(CC)/C(=C/C(O)c1ccc(OC)cc1)C(F)(F)C(F)(F)C(F)F. The molecule has 0 aliphatic carbocycles. The van der Waals surface area contributed by atoms with E-state index in [1.165, 1.54) is 31.4 Å². The first-order valence-corrected chi connectivity index (χ1v) is 11.6. The fourth-order valence-electron chi connectivity index (χ4n) is 3.31. The van der Waals surface area contributed by atoms with E-state index in [1.54, 1.807) is 20.8 Å². The molecule has 1 rings (SSSR count). The van der Waals surface area contributed by atoms with Gasteiger partial charge in [0.05, 0.1) is 21.3 Å². The maximum Gasteiger partial charge on any atom is 0.372 e. The average Bonchev–Trinajstić information content (AvgIpc) is 2.68. The standard InChI is InChI=1S/C19H26F6O2Si/c1-5-28(6-2,7-3)16(18(22,23)19(24,25)17(20)21)12-15(26)13-8-10-14(27-4)11-9-13/h8-12,15,17,26H,5-7H2,1-4H3/b16-12+. The predicted molar refractivity (Wildman–Crippen MR) is 99.1 cm³/mol. The number of rotatable bonds is 10. The van der Waals surface area contributed by atoms with E-state index in [0.29, 0.717) is 11.8 Å². The van der Waals surface area contributed by atoms with Crippen molar-refractivity contribution >= 4 is 8.07 Å². The number of benzene rings is 1. The van der Waals surface area contributed by atoms with Gasteiger partial charge >= 0.3 is 18.3 Å². The molecule has 0 amide bonds. The van der Waals surface area contributed by atoms with E-state index in [4.69, 9.17) is 4.74 Å². The topological polar surface area (TPSA) is 29.5 Å². The van der Waals surface area contributed by atoms with Gasteiger partial charge in [-0.2, -0.15) is 17.6 Å². The number of hydrogen-bond donors (Lipinski definition) is 1. The van der Waals surface area contributed by atoms with Crippen molar-refractivity contribution in [3.8, 4) is 5.75 Å². The Hall–Kier alpha value is -1.48. The van der Waals surface area contributed by atoms with E-state index in [-0.39, 0.29) is 23.7 Å². The number of allylic oxidation sites excluding steroid dienone is 1. The third-order valence-electron chi connectivity index (χ3n) is 5.41. The first-order chi connectivity index (χ1) is 12.9. The molecule has 2 nitrogen and oxygen atoms in total. The van der Waals surface area contributed by atoms with Crippen molar-refractivity contribution in [3.05, 3.63) is 41.1 Å². The van der Waals surface area contributed by atoms with Crippen molar-refractivity contribution in [2.45, 2.75) is 63.3 Å². The van der Waals surface area contributed by atoms with Crippen LogP contribution in [0, 0.1) is 0 Å². The van der Waals surface area contributed by atoms with Crippen LogP contribution >= 0.6 is 0 Å². The van der Waals surface area contributed by atoms with Gasteiger partial charge in [0.15, 0.2) is 0 Å². The minimum absolute atomic E-state index is 0.163. The first kappa shape index (κ1) is 24.6. The van der Waals surface area contributed by atoms with Gasteiger partial charge in [-0.1, -0.05) is 57.1 Å². The average molecular weight is 428 g/mol. The Labute approximate surface area is 162 Å². The van der Waals surface area contributed by atoms with Crippen LogP contribution in [0.5, 0.6) is 5.75 Å². The maximum atomic E-state index is 14.8. The first-order valence-electron chi connectivity index (χ1n) is 9.02. The molecule has 1 atom stereocenters. The van der Waals surface area contributed by atoms with Crippen LogP contribution in [0.25, 0.3) is 0 Å². The molecule has 28 heavy (non-hydrogen) atoms. The normalized spacial score (nSPS) is 15.1. The number of aliphatic hydroxyl groups is 1. The van der Waals surface area contributed by atoms with Crippen LogP contribution in [0.4, 0.5) is 26.3 Å². The third-order valence-corrected chi connectivity index (χ3v) is 11.1. The smallest absolute Gasteiger partial charge is 0.372 e. The van der Waals surface area contributed by atoms with Gasteiger partial charge in [-0.05, 0) is 22.9 Å². The molecule has 0 aromatic heterocycles. The third kappa shape index (κ3) is 4.56. The van der Waals surface area contributed by atoms with Gasteiger partial charge in [0.1, 0.15) is 5.75 Å². The molecule has 0 spiro atoms. The predicted octanol–water partition coefficient (Wildman–Crippen LogP) is 6.24. The summed E-state index contributed by atoms with van der Waals surface area (Å²) in [5.74, 6) is -10.1. The summed E-state index contributed by atoms with van der Waals surface area (Å²) in [6.45, 7) is 4.76. The lowest BCUT2D eigenvalue weighted by Gasteiger charge is -2.39. The van der Waals surface area contributed by atoms with Crippen LogP contribution in [0.15, 0.2) is 35.5 Å². The van der Waals surface area contributed by atoms with Gasteiger partial charge in [-0.15, -0.1) is 0 Å². The van der Waals surface area contributed by atoms with Crippen LogP contribution in [-0.2, 0) is 0 Å². The molecular weight excluding hydrogens is 402 g/mol. The Morgan fingerprint density at radius 1 is 1.04 bits per heavy atom. The highest BCUT2D eigenvalue weighted by molar-refractivity contribution is 6.86. The number of alkyl halides is 6. The Morgan fingerprint density at radius 2 is 1.50 bits per heavy atom. The minimum atomic E-state index is -5.53. The Morgan fingerprint density at radius 3 is 1.86 bits per heavy atom. The zero-order valence-electron chi connectivity index (χ0n) is 16.3. The van der Waals surface area contributed by atoms with Gasteiger partial charge in [-0.3, -0.25) is 0 Å². The molecule has 0 heterocycles. The molecule has 0 fully saturated rings. The molecule has 1 unspecified atom stereocenters. The van der Waals surface area contributed by atoms with Crippen molar-refractivity contribution in [2.24, 2.45) is 0 Å². The van der Waals surface area contributed by atoms with Gasteiger partial charge in [-0.25, -0.2) is 8.78 Å². The molecule has 160 valence electrons. The van der Waals surface area contributed by atoms with Gasteiger partial charge in [0, 0.05) is 0 Å². The van der Waals surface area contributed by atoms with Gasteiger partial charge in [0.25, 0.3) is 0 Å². The fourth-order valence-corrected chi connectivity index (χ4v) is 7.29. The Kier molecular flexibility index (Phi) is 8.19. The van der Waals surface area contributed by atoms with Crippen molar-refractivity contribution in [1.82, 2.24) is 0 Å². The molecule has 0 aliphatic heterocycles. The summed E-state index contributed by atoms with van der Waals surface area (Å²) < 4.78 is 87.8. The van der Waals surface area contributed by atoms with E-state index >= 15 is 0 Å². The molecule has 0 aliphatic rings. The van der Waals surface area contributed by atoms with Crippen LogP contribution in [0.2, 0.25) is 18.1 Å². The second kappa shape index (κ2) is 9.34. The van der Waals surface area contributed by atoms with E-state index in [2.05, 4.69) is 0 Å². The Balaban J connectivity index is 3.59. The fraction of sp³-hybridized carbons (Fsp3) is 0.579. The number of aliphatic hydroxyl groups excluding tert-OH is 1. The number of methoxy groups -OCH3 is 1. The van der Waals surface area contributed by atoms with E-state index in [0.717, 1.165) is 0 Å². The molecule has 9 heteroatoms. The van der Waals surface area contributed by atoms with Crippen LogP contribution in [0.3, 0.4) is 0 Å². The number of halogens is 6. The Bertz CT molecular complexity index is 649. The molecule has 1 aromatic rings. The summed E-state index contributed by atoms with van der Waals surface area (Å²) in [6.07, 6.45) is -5.51. The van der Waals surface area contributed by atoms with Crippen molar-refractivity contribution in [2.75, 3.05) is 7.11 Å². The van der Waals surface area contributed by atoms with E-state index < -0.39 is 37.6 Å². The summed E-state index contributed by atoms with van der Waals surface area (Å²) in [6, 6.07) is 6.23. The molecule has 0 radical (unpaired) electrons. The van der Waals surface area contributed by atoms with Crippen molar-refractivity contribution in [3.63, 3.8) is 0 Å². The largest absolute Gasteiger partial charge is 0.497 e. The lowest BCUT2D eigenvalue weighted by Crippen LogP contribution is -2.55. The van der Waals surface area contributed by atoms with Crippen molar-refractivity contribution < 1.29 is 36.2 Å². The summed E-state index contributed by atoms with van der Waals surface area (Å²) in [5.41, 5.74) is 0.167. The van der Waals surface area contributed by atoms with E-state index in [9.17, 15) is 31.4 Å². The highest BCUT2D eigenvalue weighted by atomic mass is 28.3. The zero-order chi connectivity index (χ0) is 21.8. The van der Waals surface area contributed by atoms with Crippen molar-refractivity contribution in [1.29, 1.82) is 0 Å². The summed E-state index contributed by atoms with van der Waals surface area (Å²) in [4.78, 5) is 0.